The lowest BCUT2D eigenvalue weighted by Crippen LogP contribution is -2.22. The third kappa shape index (κ3) is 3.83. The Kier molecular flexibility index (Phi) is 4.66. The maximum absolute atomic E-state index is 12.9. The standard InChI is InChI=1S/C16H14FN3O3S/c1-9-7-14(20-23-9)19-15(21)10(2)24-16-18-8-13(22-16)11-3-5-12(17)6-4-11/h3-8,10H,1-2H3,(H,19,20,21). The Morgan fingerprint density at radius 2 is 2.08 bits per heavy atom. The van der Waals surface area contributed by atoms with Gasteiger partial charge in [0.25, 0.3) is 5.22 Å². The molecule has 3 rings (SSSR count). The fourth-order valence-electron chi connectivity index (χ4n) is 1.92. The summed E-state index contributed by atoms with van der Waals surface area (Å²) in [6.45, 7) is 3.47. The van der Waals surface area contributed by atoms with Crippen molar-refractivity contribution in [2.45, 2.75) is 24.3 Å². The number of hydrogen-bond donors (Lipinski definition) is 1. The highest BCUT2D eigenvalue weighted by atomic mass is 32.2. The summed E-state index contributed by atoms with van der Waals surface area (Å²) in [5.41, 5.74) is 0.714. The normalized spacial score (nSPS) is 12.1. The zero-order valence-corrected chi connectivity index (χ0v) is 13.8. The second kappa shape index (κ2) is 6.88. The summed E-state index contributed by atoms with van der Waals surface area (Å²) in [5.74, 6) is 0.930. The number of amides is 1. The van der Waals surface area contributed by atoms with Crippen molar-refractivity contribution >= 4 is 23.5 Å². The summed E-state index contributed by atoms with van der Waals surface area (Å²) >= 11 is 1.17. The number of carbonyl (C=O) groups excluding carboxylic acids is 1. The predicted octanol–water partition coefficient (Wildman–Crippen LogP) is 3.90. The van der Waals surface area contributed by atoms with Crippen molar-refractivity contribution < 1.29 is 18.1 Å². The molecule has 1 aromatic carbocycles. The average molecular weight is 347 g/mol. The topological polar surface area (TPSA) is 81.2 Å². The van der Waals surface area contributed by atoms with E-state index in [0.29, 0.717) is 28.1 Å². The molecule has 0 spiro atoms. The highest BCUT2D eigenvalue weighted by Gasteiger charge is 2.19. The van der Waals surface area contributed by atoms with Crippen LogP contribution in [0.15, 0.2) is 50.7 Å². The van der Waals surface area contributed by atoms with Gasteiger partial charge in [-0.2, -0.15) is 0 Å². The lowest BCUT2D eigenvalue weighted by atomic mass is 10.2. The van der Waals surface area contributed by atoms with Gasteiger partial charge in [0.2, 0.25) is 5.91 Å². The van der Waals surface area contributed by atoms with Crippen molar-refractivity contribution in [2.24, 2.45) is 0 Å². The second-order valence-electron chi connectivity index (χ2n) is 5.07. The van der Waals surface area contributed by atoms with E-state index in [9.17, 15) is 9.18 Å². The van der Waals surface area contributed by atoms with Gasteiger partial charge in [0.1, 0.15) is 11.6 Å². The van der Waals surface area contributed by atoms with E-state index in [-0.39, 0.29) is 11.7 Å². The lowest BCUT2D eigenvalue weighted by molar-refractivity contribution is -0.115. The average Bonchev–Trinajstić information content (AvgIpc) is 3.17. The SMILES string of the molecule is Cc1cc(NC(=O)C(C)Sc2ncc(-c3ccc(F)cc3)o2)no1. The number of aromatic nitrogens is 2. The summed E-state index contributed by atoms with van der Waals surface area (Å²) in [5, 5.41) is 6.27. The summed E-state index contributed by atoms with van der Waals surface area (Å²) in [7, 11) is 0. The van der Waals surface area contributed by atoms with Crippen molar-refractivity contribution in [1.29, 1.82) is 0 Å². The molecule has 1 unspecified atom stereocenters. The molecule has 124 valence electrons. The van der Waals surface area contributed by atoms with Gasteiger partial charge in [-0.15, -0.1) is 0 Å². The molecule has 2 heterocycles. The highest BCUT2D eigenvalue weighted by Crippen LogP contribution is 2.28. The van der Waals surface area contributed by atoms with Crippen LogP contribution in [0.5, 0.6) is 0 Å². The Balaban J connectivity index is 1.63. The van der Waals surface area contributed by atoms with E-state index in [1.807, 2.05) is 0 Å². The van der Waals surface area contributed by atoms with Crippen molar-refractivity contribution in [3.05, 3.63) is 48.1 Å². The van der Waals surface area contributed by atoms with Crippen LogP contribution < -0.4 is 5.32 Å². The Morgan fingerprint density at radius 3 is 2.75 bits per heavy atom. The van der Waals surface area contributed by atoms with Gasteiger partial charge in [-0.1, -0.05) is 16.9 Å². The van der Waals surface area contributed by atoms with Crippen LogP contribution in [0.4, 0.5) is 10.2 Å². The van der Waals surface area contributed by atoms with Gasteiger partial charge in [-0.25, -0.2) is 9.37 Å². The zero-order chi connectivity index (χ0) is 17.1. The third-order valence-electron chi connectivity index (χ3n) is 3.14. The highest BCUT2D eigenvalue weighted by molar-refractivity contribution is 8.00. The quantitative estimate of drug-likeness (QED) is 0.705. The van der Waals surface area contributed by atoms with Gasteiger partial charge >= 0.3 is 0 Å². The van der Waals surface area contributed by atoms with Crippen LogP contribution in [0, 0.1) is 12.7 Å². The first-order valence-corrected chi connectivity index (χ1v) is 8.02. The van der Waals surface area contributed by atoms with Crippen LogP contribution in [-0.4, -0.2) is 21.3 Å². The van der Waals surface area contributed by atoms with Crippen molar-refractivity contribution in [3.63, 3.8) is 0 Å². The first kappa shape index (κ1) is 16.3. The third-order valence-corrected chi connectivity index (χ3v) is 4.10. The van der Waals surface area contributed by atoms with E-state index < -0.39 is 5.25 Å². The number of hydrogen-bond acceptors (Lipinski definition) is 6. The number of halogens is 1. The van der Waals surface area contributed by atoms with Crippen LogP contribution in [0.2, 0.25) is 0 Å². The minimum absolute atomic E-state index is 0.241. The molecule has 2 aromatic heterocycles. The van der Waals surface area contributed by atoms with Crippen LogP contribution in [0.1, 0.15) is 12.7 Å². The van der Waals surface area contributed by atoms with E-state index in [2.05, 4.69) is 15.5 Å². The molecular formula is C16H14FN3O3S. The summed E-state index contributed by atoms with van der Waals surface area (Å²) in [4.78, 5) is 16.3. The maximum atomic E-state index is 12.9. The molecule has 1 N–H and O–H groups in total. The summed E-state index contributed by atoms with van der Waals surface area (Å²) < 4.78 is 23.4. The van der Waals surface area contributed by atoms with Crippen LogP contribution >= 0.6 is 11.8 Å². The number of rotatable bonds is 5. The van der Waals surface area contributed by atoms with Crippen molar-refractivity contribution in [2.75, 3.05) is 5.32 Å². The molecule has 8 heteroatoms. The second-order valence-corrected chi connectivity index (χ2v) is 6.36. The monoisotopic (exact) mass is 347 g/mol. The molecule has 0 saturated carbocycles. The Morgan fingerprint density at radius 1 is 1.33 bits per heavy atom. The molecule has 0 aliphatic rings. The van der Waals surface area contributed by atoms with E-state index in [1.54, 1.807) is 38.2 Å². The van der Waals surface area contributed by atoms with Crippen LogP contribution in [-0.2, 0) is 4.79 Å². The lowest BCUT2D eigenvalue weighted by Gasteiger charge is -2.07. The molecule has 1 atom stereocenters. The fraction of sp³-hybridized carbons (Fsp3) is 0.188. The molecule has 0 radical (unpaired) electrons. The smallest absolute Gasteiger partial charge is 0.256 e. The van der Waals surface area contributed by atoms with E-state index in [4.69, 9.17) is 8.94 Å². The number of nitrogens with zero attached hydrogens (tertiary/aromatic N) is 2. The predicted molar refractivity (Wildman–Crippen MR) is 87.1 cm³/mol. The number of anilines is 1. The number of oxazole rings is 1. The first-order valence-electron chi connectivity index (χ1n) is 7.14. The zero-order valence-electron chi connectivity index (χ0n) is 12.9. The van der Waals surface area contributed by atoms with Gasteiger partial charge in [0.05, 0.1) is 11.4 Å². The number of benzene rings is 1. The van der Waals surface area contributed by atoms with E-state index in [0.717, 1.165) is 0 Å². The van der Waals surface area contributed by atoms with Crippen LogP contribution in [0.25, 0.3) is 11.3 Å². The molecule has 0 aliphatic carbocycles. The minimum Gasteiger partial charge on any atom is -0.431 e. The fourth-order valence-corrected chi connectivity index (χ4v) is 2.64. The summed E-state index contributed by atoms with van der Waals surface area (Å²) in [6.07, 6.45) is 1.54. The Labute approximate surface area is 141 Å². The maximum Gasteiger partial charge on any atom is 0.256 e. The molecule has 0 saturated heterocycles. The Bertz CT molecular complexity index is 844. The van der Waals surface area contributed by atoms with Gasteiger partial charge in [-0.05, 0) is 38.1 Å². The number of thioether (sulfide) groups is 1. The molecule has 24 heavy (non-hydrogen) atoms. The van der Waals surface area contributed by atoms with Crippen LogP contribution in [0.3, 0.4) is 0 Å². The Hall–Kier alpha value is -2.61. The minimum atomic E-state index is -0.443. The molecule has 6 nitrogen and oxygen atoms in total. The van der Waals surface area contributed by atoms with Crippen molar-refractivity contribution in [3.8, 4) is 11.3 Å². The molecule has 3 aromatic rings. The van der Waals surface area contributed by atoms with Gasteiger partial charge < -0.3 is 14.3 Å². The largest absolute Gasteiger partial charge is 0.431 e. The van der Waals surface area contributed by atoms with Gasteiger partial charge in [0, 0.05) is 11.6 Å². The van der Waals surface area contributed by atoms with E-state index >= 15 is 0 Å². The molecule has 1 amide bonds. The number of aryl methyl sites for hydroxylation is 1. The van der Waals surface area contributed by atoms with Gasteiger partial charge in [-0.3, -0.25) is 4.79 Å². The molecule has 0 aliphatic heterocycles. The molecule has 0 fully saturated rings. The number of carbonyl (C=O) groups is 1. The molecule has 0 bridgehead atoms. The van der Waals surface area contributed by atoms with Crippen molar-refractivity contribution in [1.82, 2.24) is 10.1 Å². The summed E-state index contributed by atoms with van der Waals surface area (Å²) in [6, 6.07) is 7.54. The molecular weight excluding hydrogens is 333 g/mol. The van der Waals surface area contributed by atoms with Gasteiger partial charge in [0.15, 0.2) is 11.6 Å². The first-order chi connectivity index (χ1) is 11.5. The number of nitrogens with one attached hydrogen (secondary N) is 1. The van der Waals surface area contributed by atoms with E-state index in [1.165, 1.54) is 23.9 Å².